The van der Waals surface area contributed by atoms with E-state index in [2.05, 4.69) is 4.74 Å². The van der Waals surface area contributed by atoms with Crippen LogP contribution >= 0.6 is 0 Å². The Balaban J connectivity index is 1.93. The molecule has 176 valence electrons. The first-order chi connectivity index (χ1) is 14.7. The number of ether oxygens (including phenoxy) is 5. The summed E-state index contributed by atoms with van der Waals surface area (Å²) in [5.41, 5.74) is -0.154. The lowest BCUT2D eigenvalue weighted by Crippen LogP contribution is -2.60. The molecule has 1 saturated carbocycles. The van der Waals surface area contributed by atoms with Gasteiger partial charge in [0.05, 0.1) is 50.8 Å². The second kappa shape index (κ2) is 9.34. The van der Waals surface area contributed by atoms with E-state index in [4.69, 9.17) is 18.9 Å². The number of hydrogen-bond donors (Lipinski definition) is 6. The van der Waals surface area contributed by atoms with Crippen molar-refractivity contribution < 1.29 is 63.9 Å². The SMILES string of the molecule is COC(=O)C1=CO[C@@H](O[C@@H]2O[C@H](CO)[C@@H](O)[C@H](O)[C@H]2O)[C@@H]2[C@@H]1[C@H](O)[C@H](O)[C@@H]2C(=O)OC. The number of esters is 2. The van der Waals surface area contributed by atoms with Crippen LogP contribution in [-0.4, -0.2) is 113 Å². The Hall–Kier alpha value is -1.84. The van der Waals surface area contributed by atoms with Crippen molar-refractivity contribution in [2.45, 2.75) is 49.2 Å². The molecule has 0 unspecified atom stereocenters. The molecule has 2 aliphatic heterocycles. The summed E-state index contributed by atoms with van der Waals surface area (Å²) >= 11 is 0. The second-order valence-corrected chi connectivity index (χ2v) is 7.54. The van der Waals surface area contributed by atoms with Gasteiger partial charge in [-0.05, 0) is 0 Å². The highest BCUT2D eigenvalue weighted by Gasteiger charge is 2.61. The molecule has 0 amide bonds. The number of fused-ring (bicyclic) bond motifs is 1. The molecule has 3 aliphatic rings. The molecule has 31 heavy (non-hydrogen) atoms. The van der Waals surface area contributed by atoms with Crippen LogP contribution < -0.4 is 0 Å². The standard InChI is InChI=1S/C18H26O13/c1-27-15(25)5-4-29-17(8-7(5)11(21)12(22)9(8)16(26)28-2)31-18-14(24)13(23)10(20)6(3-19)30-18/h4,6-14,17-24H,3H2,1-2H3/t6-,7-,8-,9-,10-,11+,12-,13+,14-,17+,18+/m1/s1. The first-order valence-corrected chi connectivity index (χ1v) is 9.51. The van der Waals surface area contributed by atoms with E-state index in [0.717, 1.165) is 20.5 Å². The minimum atomic E-state index is -1.77. The van der Waals surface area contributed by atoms with Crippen LogP contribution in [0, 0.1) is 17.8 Å². The van der Waals surface area contributed by atoms with Gasteiger partial charge in [-0.25, -0.2) is 4.79 Å². The maximum atomic E-state index is 12.3. The zero-order valence-electron chi connectivity index (χ0n) is 16.7. The summed E-state index contributed by atoms with van der Waals surface area (Å²) in [6.45, 7) is -0.697. The van der Waals surface area contributed by atoms with Crippen molar-refractivity contribution >= 4 is 11.9 Å². The van der Waals surface area contributed by atoms with Gasteiger partial charge in [0, 0.05) is 11.8 Å². The molecule has 0 aromatic heterocycles. The first kappa shape index (κ1) is 23.8. The van der Waals surface area contributed by atoms with Gasteiger partial charge in [-0.2, -0.15) is 0 Å². The number of carbonyl (C=O) groups is 2. The second-order valence-electron chi connectivity index (χ2n) is 7.54. The average molecular weight is 450 g/mol. The summed E-state index contributed by atoms with van der Waals surface area (Å²) in [6.07, 6.45) is -11.7. The largest absolute Gasteiger partial charge is 0.472 e. The van der Waals surface area contributed by atoms with Gasteiger partial charge in [0.25, 0.3) is 0 Å². The number of carbonyl (C=O) groups excluding carboxylic acids is 2. The lowest BCUT2D eigenvalue weighted by molar-refractivity contribution is -0.342. The van der Waals surface area contributed by atoms with E-state index < -0.39 is 85.5 Å². The summed E-state index contributed by atoms with van der Waals surface area (Å²) < 4.78 is 25.7. The van der Waals surface area contributed by atoms with Gasteiger partial charge in [0.15, 0.2) is 6.29 Å². The van der Waals surface area contributed by atoms with Gasteiger partial charge in [-0.3, -0.25) is 4.79 Å². The number of aliphatic hydroxyl groups excluding tert-OH is 6. The predicted molar refractivity (Wildman–Crippen MR) is 94.3 cm³/mol. The van der Waals surface area contributed by atoms with Crippen molar-refractivity contribution in [3.05, 3.63) is 11.8 Å². The van der Waals surface area contributed by atoms with Crippen molar-refractivity contribution in [1.29, 1.82) is 0 Å². The van der Waals surface area contributed by atoms with E-state index in [-0.39, 0.29) is 5.57 Å². The molecular formula is C18H26O13. The molecule has 0 aromatic rings. The molecule has 13 heteroatoms. The summed E-state index contributed by atoms with van der Waals surface area (Å²) in [5, 5.41) is 60.4. The van der Waals surface area contributed by atoms with E-state index in [0.29, 0.717) is 0 Å². The van der Waals surface area contributed by atoms with E-state index in [9.17, 15) is 40.2 Å². The summed E-state index contributed by atoms with van der Waals surface area (Å²) in [6, 6.07) is 0. The molecule has 0 spiro atoms. The van der Waals surface area contributed by atoms with Crippen LogP contribution in [0.15, 0.2) is 11.8 Å². The molecule has 1 aliphatic carbocycles. The zero-order valence-corrected chi connectivity index (χ0v) is 16.7. The van der Waals surface area contributed by atoms with Crippen molar-refractivity contribution in [3.8, 4) is 0 Å². The minimum absolute atomic E-state index is 0.154. The quantitative estimate of drug-likeness (QED) is 0.221. The molecule has 0 aromatic carbocycles. The molecule has 1 saturated heterocycles. The molecule has 13 nitrogen and oxygen atoms in total. The third kappa shape index (κ3) is 4.03. The zero-order chi connectivity index (χ0) is 23.0. The van der Waals surface area contributed by atoms with Gasteiger partial charge in [-0.15, -0.1) is 0 Å². The molecule has 11 atom stereocenters. The fraction of sp³-hybridized carbons (Fsp3) is 0.778. The summed E-state index contributed by atoms with van der Waals surface area (Å²) in [5.74, 6) is -5.48. The highest BCUT2D eigenvalue weighted by atomic mass is 16.8. The molecule has 6 N–H and O–H groups in total. The van der Waals surface area contributed by atoms with Crippen LogP contribution in [0.4, 0.5) is 0 Å². The lowest BCUT2D eigenvalue weighted by atomic mass is 9.82. The Morgan fingerprint density at radius 2 is 1.61 bits per heavy atom. The molecule has 0 bridgehead atoms. The van der Waals surface area contributed by atoms with E-state index in [1.807, 2.05) is 0 Å². The van der Waals surface area contributed by atoms with E-state index in [1.165, 1.54) is 0 Å². The lowest BCUT2D eigenvalue weighted by Gasteiger charge is -2.43. The number of hydrogen-bond acceptors (Lipinski definition) is 13. The fourth-order valence-corrected chi connectivity index (χ4v) is 4.31. The van der Waals surface area contributed by atoms with Gasteiger partial charge in [0.1, 0.15) is 24.4 Å². The smallest absolute Gasteiger partial charge is 0.337 e. The maximum absolute atomic E-state index is 12.3. The summed E-state index contributed by atoms with van der Waals surface area (Å²) in [7, 11) is 2.17. The van der Waals surface area contributed by atoms with Gasteiger partial charge in [-0.1, -0.05) is 0 Å². The van der Waals surface area contributed by atoms with Crippen molar-refractivity contribution in [1.82, 2.24) is 0 Å². The van der Waals surface area contributed by atoms with Crippen LogP contribution in [0.3, 0.4) is 0 Å². The number of aliphatic hydroxyl groups is 6. The third-order valence-corrected chi connectivity index (χ3v) is 5.93. The average Bonchev–Trinajstić information content (AvgIpc) is 3.04. The Bertz CT molecular complexity index is 709. The van der Waals surface area contributed by atoms with Gasteiger partial charge < -0.3 is 54.3 Å². The molecular weight excluding hydrogens is 424 g/mol. The van der Waals surface area contributed by atoms with E-state index in [1.54, 1.807) is 0 Å². The van der Waals surface area contributed by atoms with Crippen LogP contribution in [0.2, 0.25) is 0 Å². The predicted octanol–water partition coefficient (Wildman–Crippen LogP) is -4.03. The van der Waals surface area contributed by atoms with Gasteiger partial charge in [0.2, 0.25) is 6.29 Å². The Labute approximate surface area is 176 Å². The van der Waals surface area contributed by atoms with Crippen LogP contribution in [0.1, 0.15) is 0 Å². The fourth-order valence-electron chi connectivity index (χ4n) is 4.31. The Morgan fingerprint density at radius 3 is 2.19 bits per heavy atom. The highest BCUT2D eigenvalue weighted by molar-refractivity contribution is 5.89. The molecule has 2 fully saturated rings. The maximum Gasteiger partial charge on any atom is 0.337 e. The molecule has 0 radical (unpaired) electrons. The van der Waals surface area contributed by atoms with Crippen molar-refractivity contribution in [3.63, 3.8) is 0 Å². The normalized spacial score (nSPS) is 44.6. The molecule has 2 heterocycles. The number of methoxy groups -OCH3 is 2. The third-order valence-electron chi connectivity index (χ3n) is 5.93. The van der Waals surface area contributed by atoms with Crippen molar-refractivity contribution in [2.75, 3.05) is 20.8 Å². The monoisotopic (exact) mass is 450 g/mol. The Morgan fingerprint density at radius 1 is 0.935 bits per heavy atom. The molecule has 3 rings (SSSR count). The van der Waals surface area contributed by atoms with Crippen LogP contribution in [0.5, 0.6) is 0 Å². The Kier molecular flexibility index (Phi) is 7.18. The van der Waals surface area contributed by atoms with Crippen LogP contribution in [-0.2, 0) is 33.3 Å². The summed E-state index contributed by atoms with van der Waals surface area (Å²) in [4.78, 5) is 24.5. The first-order valence-electron chi connectivity index (χ1n) is 9.51. The van der Waals surface area contributed by atoms with Crippen LogP contribution in [0.25, 0.3) is 0 Å². The highest BCUT2D eigenvalue weighted by Crippen LogP contribution is 2.48. The topological polar surface area (TPSA) is 202 Å². The number of rotatable bonds is 5. The van der Waals surface area contributed by atoms with E-state index >= 15 is 0 Å². The minimum Gasteiger partial charge on any atom is -0.472 e. The van der Waals surface area contributed by atoms with Gasteiger partial charge >= 0.3 is 11.9 Å². The van der Waals surface area contributed by atoms with Crippen molar-refractivity contribution in [2.24, 2.45) is 17.8 Å².